The molecule has 0 atom stereocenters. The Balaban J connectivity index is 2.53. The largest absolute Gasteiger partial charge is 0.399 e. The lowest BCUT2D eigenvalue weighted by atomic mass is 10.0. The maximum atomic E-state index is 5.82. The topological polar surface area (TPSA) is 38.9 Å². The molecule has 0 bridgehead atoms. The van der Waals surface area contributed by atoms with Crippen LogP contribution >= 0.6 is 0 Å². The van der Waals surface area contributed by atoms with Gasteiger partial charge in [-0.1, -0.05) is 31.2 Å². The van der Waals surface area contributed by atoms with Gasteiger partial charge in [-0.05, 0) is 30.2 Å². The molecule has 3 aromatic rings. The summed E-state index contributed by atoms with van der Waals surface area (Å²) in [5, 5.41) is 2.45. The number of fused-ring (bicyclic) bond motifs is 2. The molecule has 2 nitrogen and oxygen atoms in total. The Morgan fingerprint density at radius 3 is 2.59 bits per heavy atom. The molecule has 0 radical (unpaired) electrons. The number of rotatable bonds is 1. The van der Waals surface area contributed by atoms with Gasteiger partial charge in [-0.15, -0.1) is 0 Å². The molecule has 1 aromatic heterocycles. The Labute approximate surface area is 100 Å². The van der Waals surface area contributed by atoms with Crippen LogP contribution in [0, 0.1) is 0 Å². The molecule has 0 saturated carbocycles. The van der Waals surface area contributed by atoms with Crippen molar-refractivity contribution in [1.29, 1.82) is 0 Å². The first kappa shape index (κ1) is 10.1. The summed E-state index contributed by atoms with van der Waals surface area (Å²) in [5.74, 6) is 0. The average molecular weight is 222 g/mol. The van der Waals surface area contributed by atoms with E-state index in [1.807, 2.05) is 18.2 Å². The Morgan fingerprint density at radius 1 is 1.00 bits per heavy atom. The minimum Gasteiger partial charge on any atom is -0.399 e. The van der Waals surface area contributed by atoms with Crippen molar-refractivity contribution in [2.24, 2.45) is 0 Å². The van der Waals surface area contributed by atoms with E-state index in [9.17, 15) is 0 Å². The second-order valence-corrected chi connectivity index (χ2v) is 4.24. The lowest BCUT2D eigenvalue weighted by Crippen LogP contribution is -1.92. The van der Waals surface area contributed by atoms with Crippen molar-refractivity contribution in [2.75, 3.05) is 5.73 Å². The van der Waals surface area contributed by atoms with Gasteiger partial charge in [-0.25, -0.2) is 4.98 Å². The van der Waals surface area contributed by atoms with Crippen molar-refractivity contribution in [3.8, 4) is 0 Å². The molecule has 3 rings (SSSR count). The summed E-state index contributed by atoms with van der Waals surface area (Å²) in [6.45, 7) is 2.18. The van der Waals surface area contributed by atoms with Crippen molar-refractivity contribution < 1.29 is 0 Å². The molecule has 17 heavy (non-hydrogen) atoms. The highest BCUT2D eigenvalue weighted by molar-refractivity contribution is 5.98. The number of nitrogens with zero attached hydrogens (tertiary/aromatic N) is 1. The number of pyridine rings is 1. The summed E-state index contributed by atoms with van der Waals surface area (Å²) in [4.78, 5) is 4.67. The first-order valence-electron chi connectivity index (χ1n) is 5.86. The van der Waals surface area contributed by atoms with E-state index in [1.165, 1.54) is 16.3 Å². The summed E-state index contributed by atoms with van der Waals surface area (Å²) in [5.41, 5.74) is 9.97. The van der Waals surface area contributed by atoms with Crippen LogP contribution in [-0.2, 0) is 6.42 Å². The van der Waals surface area contributed by atoms with Gasteiger partial charge in [0, 0.05) is 16.5 Å². The molecule has 0 amide bonds. The number of para-hydroxylation sites is 1. The second-order valence-electron chi connectivity index (χ2n) is 4.24. The Kier molecular flexibility index (Phi) is 2.22. The van der Waals surface area contributed by atoms with E-state index in [-0.39, 0.29) is 0 Å². The standard InChI is InChI=1S/C15H14N2/c1-2-11-12-5-3-4-6-14(12)17-15-9-10(16)7-8-13(11)15/h3-9H,2,16H2,1H3. The highest BCUT2D eigenvalue weighted by Gasteiger charge is 2.06. The monoisotopic (exact) mass is 222 g/mol. The quantitative estimate of drug-likeness (QED) is 0.505. The smallest absolute Gasteiger partial charge is 0.0732 e. The van der Waals surface area contributed by atoms with Crippen LogP contribution in [0.25, 0.3) is 21.8 Å². The molecule has 84 valence electrons. The zero-order valence-corrected chi connectivity index (χ0v) is 9.77. The van der Waals surface area contributed by atoms with Crippen LogP contribution in [-0.4, -0.2) is 4.98 Å². The van der Waals surface area contributed by atoms with E-state index in [0.29, 0.717) is 0 Å². The van der Waals surface area contributed by atoms with Crippen molar-refractivity contribution >= 4 is 27.5 Å². The molecule has 2 aromatic carbocycles. The van der Waals surface area contributed by atoms with Crippen molar-refractivity contribution in [3.63, 3.8) is 0 Å². The minimum atomic E-state index is 0.766. The zero-order chi connectivity index (χ0) is 11.8. The molecule has 0 aliphatic carbocycles. The van der Waals surface area contributed by atoms with Crippen molar-refractivity contribution in [2.45, 2.75) is 13.3 Å². The zero-order valence-electron chi connectivity index (χ0n) is 9.77. The maximum Gasteiger partial charge on any atom is 0.0732 e. The van der Waals surface area contributed by atoms with Crippen LogP contribution in [0.15, 0.2) is 42.5 Å². The molecule has 1 heterocycles. The Bertz CT molecular complexity index is 702. The van der Waals surface area contributed by atoms with E-state index in [2.05, 4.69) is 36.2 Å². The number of benzene rings is 2. The molecule has 0 saturated heterocycles. The first-order chi connectivity index (χ1) is 8.29. The van der Waals surface area contributed by atoms with Crippen molar-refractivity contribution in [1.82, 2.24) is 4.98 Å². The normalized spacial score (nSPS) is 11.1. The summed E-state index contributed by atoms with van der Waals surface area (Å²) in [7, 11) is 0. The predicted molar refractivity (Wildman–Crippen MR) is 73.0 cm³/mol. The Morgan fingerprint density at radius 2 is 1.76 bits per heavy atom. The maximum absolute atomic E-state index is 5.82. The first-order valence-corrected chi connectivity index (χ1v) is 5.86. The van der Waals surface area contributed by atoms with Crippen LogP contribution in [0.3, 0.4) is 0 Å². The van der Waals surface area contributed by atoms with Crippen LogP contribution in [0.1, 0.15) is 12.5 Å². The molecule has 0 spiro atoms. The van der Waals surface area contributed by atoms with Crippen LogP contribution in [0.2, 0.25) is 0 Å². The molecule has 2 heteroatoms. The fourth-order valence-electron chi connectivity index (χ4n) is 2.38. The minimum absolute atomic E-state index is 0.766. The van der Waals surface area contributed by atoms with Gasteiger partial charge in [0.05, 0.1) is 11.0 Å². The van der Waals surface area contributed by atoms with Crippen LogP contribution < -0.4 is 5.73 Å². The molecule has 0 aliphatic rings. The van der Waals surface area contributed by atoms with Gasteiger partial charge in [-0.2, -0.15) is 0 Å². The molecular formula is C15H14N2. The van der Waals surface area contributed by atoms with Gasteiger partial charge in [0.15, 0.2) is 0 Å². The summed E-state index contributed by atoms with van der Waals surface area (Å²) >= 11 is 0. The van der Waals surface area contributed by atoms with Crippen LogP contribution in [0.5, 0.6) is 0 Å². The van der Waals surface area contributed by atoms with Gasteiger partial charge in [-0.3, -0.25) is 0 Å². The van der Waals surface area contributed by atoms with E-state index < -0.39 is 0 Å². The lowest BCUT2D eigenvalue weighted by molar-refractivity contribution is 1.17. The lowest BCUT2D eigenvalue weighted by Gasteiger charge is -2.09. The SMILES string of the molecule is CCc1c2ccccc2nc2cc(N)ccc12. The third-order valence-corrected chi connectivity index (χ3v) is 3.17. The van der Waals surface area contributed by atoms with E-state index >= 15 is 0 Å². The number of nitrogen functional groups attached to an aromatic ring is 1. The summed E-state index contributed by atoms with van der Waals surface area (Å²) in [6, 6.07) is 14.2. The molecule has 0 aliphatic heterocycles. The fraction of sp³-hybridized carbons (Fsp3) is 0.133. The highest BCUT2D eigenvalue weighted by Crippen LogP contribution is 2.27. The number of aromatic nitrogens is 1. The number of nitrogens with two attached hydrogens (primary N) is 1. The number of hydrogen-bond donors (Lipinski definition) is 1. The third kappa shape index (κ3) is 1.53. The van der Waals surface area contributed by atoms with Gasteiger partial charge in [0.2, 0.25) is 0 Å². The molecule has 2 N–H and O–H groups in total. The highest BCUT2D eigenvalue weighted by atomic mass is 14.7. The van der Waals surface area contributed by atoms with E-state index in [4.69, 9.17) is 5.73 Å². The average Bonchev–Trinajstić information content (AvgIpc) is 2.35. The summed E-state index contributed by atoms with van der Waals surface area (Å²) in [6.07, 6.45) is 1.00. The molecule has 0 fully saturated rings. The van der Waals surface area contributed by atoms with E-state index in [1.54, 1.807) is 0 Å². The third-order valence-electron chi connectivity index (χ3n) is 3.17. The van der Waals surface area contributed by atoms with E-state index in [0.717, 1.165) is 23.1 Å². The van der Waals surface area contributed by atoms with Gasteiger partial charge >= 0.3 is 0 Å². The number of anilines is 1. The number of aryl methyl sites for hydroxylation is 1. The molecular weight excluding hydrogens is 208 g/mol. The second kappa shape index (κ2) is 3.74. The number of hydrogen-bond acceptors (Lipinski definition) is 2. The Hall–Kier alpha value is -2.09. The predicted octanol–water partition coefficient (Wildman–Crippen LogP) is 3.53. The van der Waals surface area contributed by atoms with Gasteiger partial charge in [0.25, 0.3) is 0 Å². The van der Waals surface area contributed by atoms with Gasteiger partial charge < -0.3 is 5.73 Å². The van der Waals surface area contributed by atoms with Gasteiger partial charge in [0.1, 0.15) is 0 Å². The fourth-order valence-corrected chi connectivity index (χ4v) is 2.38. The summed E-state index contributed by atoms with van der Waals surface area (Å²) < 4.78 is 0. The van der Waals surface area contributed by atoms with Crippen LogP contribution in [0.4, 0.5) is 5.69 Å². The molecule has 0 unspecified atom stereocenters. The van der Waals surface area contributed by atoms with Crippen molar-refractivity contribution in [3.05, 3.63) is 48.0 Å².